The van der Waals surface area contributed by atoms with Crippen LogP contribution in [0.25, 0.3) is 0 Å². The van der Waals surface area contributed by atoms with E-state index in [2.05, 4.69) is 10.5 Å². The molecule has 0 bridgehead atoms. The maximum Gasteiger partial charge on any atom is 0.306 e. The van der Waals surface area contributed by atoms with Crippen LogP contribution in [-0.4, -0.2) is 28.7 Å². The van der Waals surface area contributed by atoms with Crippen molar-refractivity contribution in [2.75, 3.05) is 6.54 Å². The minimum Gasteiger partial charge on any atom is -0.481 e. The summed E-state index contributed by atoms with van der Waals surface area (Å²) in [5.41, 5.74) is 1.88. The fourth-order valence-corrected chi connectivity index (χ4v) is 3.35. The second-order valence-corrected chi connectivity index (χ2v) is 6.28. The first kappa shape index (κ1) is 16.5. The van der Waals surface area contributed by atoms with Crippen LogP contribution in [0.3, 0.4) is 0 Å². The molecule has 1 aromatic heterocycles. The van der Waals surface area contributed by atoms with Gasteiger partial charge in [-0.2, -0.15) is 0 Å². The number of carbonyl (C=O) groups is 2. The normalized spacial score (nSPS) is 23.0. The standard InChI is InChI=1S/C16H24N2O4/c1-9(14-10(2)18-22-11(14)3)8-17-15(19)12-5-4-6-13(7-12)16(20)21/h9,12-13H,4-8H2,1-3H3,(H,17,19)(H,20,21). The Morgan fingerprint density at radius 3 is 2.64 bits per heavy atom. The number of rotatable bonds is 5. The number of nitrogens with zero attached hydrogens (tertiary/aromatic N) is 1. The maximum absolute atomic E-state index is 12.3. The Labute approximate surface area is 130 Å². The summed E-state index contributed by atoms with van der Waals surface area (Å²) < 4.78 is 5.15. The second-order valence-electron chi connectivity index (χ2n) is 6.28. The molecule has 1 aliphatic rings. The molecule has 0 aromatic carbocycles. The molecule has 0 saturated heterocycles. The summed E-state index contributed by atoms with van der Waals surface area (Å²) >= 11 is 0. The van der Waals surface area contributed by atoms with E-state index in [9.17, 15) is 9.59 Å². The van der Waals surface area contributed by atoms with Gasteiger partial charge in [-0.15, -0.1) is 0 Å². The first-order valence-corrected chi connectivity index (χ1v) is 7.83. The topological polar surface area (TPSA) is 92.4 Å². The molecule has 1 amide bonds. The maximum atomic E-state index is 12.3. The van der Waals surface area contributed by atoms with Crippen LogP contribution in [0.15, 0.2) is 4.52 Å². The molecule has 0 aliphatic heterocycles. The molecule has 3 atom stereocenters. The van der Waals surface area contributed by atoms with Crippen LogP contribution < -0.4 is 5.32 Å². The van der Waals surface area contributed by atoms with Gasteiger partial charge in [0.25, 0.3) is 0 Å². The number of aromatic nitrogens is 1. The van der Waals surface area contributed by atoms with Gasteiger partial charge in [0.15, 0.2) is 0 Å². The van der Waals surface area contributed by atoms with Gasteiger partial charge < -0.3 is 14.9 Å². The highest BCUT2D eigenvalue weighted by Gasteiger charge is 2.31. The predicted molar refractivity (Wildman–Crippen MR) is 80.5 cm³/mol. The molecule has 6 nitrogen and oxygen atoms in total. The highest BCUT2D eigenvalue weighted by atomic mass is 16.5. The van der Waals surface area contributed by atoms with E-state index in [0.29, 0.717) is 19.4 Å². The van der Waals surface area contributed by atoms with Crippen molar-refractivity contribution in [2.45, 2.75) is 52.4 Å². The molecule has 1 saturated carbocycles. The predicted octanol–water partition coefficient (Wildman–Crippen LogP) is 2.40. The molecule has 0 spiro atoms. The molecule has 1 fully saturated rings. The van der Waals surface area contributed by atoms with Crippen molar-refractivity contribution in [2.24, 2.45) is 11.8 Å². The van der Waals surface area contributed by atoms with E-state index < -0.39 is 5.97 Å². The van der Waals surface area contributed by atoms with E-state index in [1.807, 2.05) is 20.8 Å². The third kappa shape index (κ3) is 3.67. The molecular formula is C16H24N2O4. The number of aryl methyl sites for hydroxylation is 2. The van der Waals surface area contributed by atoms with Gasteiger partial charge in [0.2, 0.25) is 5.91 Å². The average Bonchev–Trinajstić information content (AvgIpc) is 2.83. The zero-order valence-electron chi connectivity index (χ0n) is 13.4. The van der Waals surface area contributed by atoms with E-state index in [1.165, 1.54) is 0 Å². The molecule has 1 heterocycles. The number of carboxylic acid groups (broad SMARTS) is 1. The number of carbonyl (C=O) groups excluding carboxylic acids is 1. The molecule has 2 rings (SSSR count). The largest absolute Gasteiger partial charge is 0.481 e. The van der Waals surface area contributed by atoms with E-state index in [4.69, 9.17) is 9.63 Å². The van der Waals surface area contributed by atoms with Gasteiger partial charge in [0, 0.05) is 23.9 Å². The second kappa shape index (κ2) is 6.94. The summed E-state index contributed by atoms with van der Waals surface area (Å²) in [7, 11) is 0. The summed E-state index contributed by atoms with van der Waals surface area (Å²) in [5.74, 6) is -0.501. The number of aliphatic carboxylic acids is 1. The van der Waals surface area contributed by atoms with Gasteiger partial charge >= 0.3 is 5.97 Å². The van der Waals surface area contributed by atoms with Crippen LogP contribution in [0.5, 0.6) is 0 Å². The van der Waals surface area contributed by atoms with Gasteiger partial charge in [-0.05, 0) is 33.1 Å². The van der Waals surface area contributed by atoms with Crippen molar-refractivity contribution in [3.05, 3.63) is 17.0 Å². The molecular weight excluding hydrogens is 284 g/mol. The Morgan fingerprint density at radius 2 is 2.05 bits per heavy atom. The lowest BCUT2D eigenvalue weighted by Crippen LogP contribution is -2.37. The number of amides is 1. The monoisotopic (exact) mass is 308 g/mol. The van der Waals surface area contributed by atoms with Gasteiger partial charge in [-0.3, -0.25) is 9.59 Å². The fraction of sp³-hybridized carbons (Fsp3) is 0.688. The van der Waals surface area contributed by atoms with Crippen molar-refractivity contribution >= 4 is 11.9 Å². The lowest BCUT2D eigenvalue weighted by molar-refractivity contribution is -0.144. The zero-order valence-corrected chi connectivity index (χ0v) is 13.4. The Hall–Kier alpha value is -1.85. The first-order chi connectivity index (χ1) is 10.4. The highest BCUT2D eigenvalue weighted by Crippen LogP contribution is 2.29. The summed E-state index contributed by atoms with van der Waals surface area (Å²) in [5, 5.41) is 16.0. The molecule has 122 valence electrons. The molecule has 6 heteroatoms. The van der Waals surface area contributed by atoms with Crippen LogP contribution in [-0.2, 0) is 9.59 Å². The molecule has 22 heavy (non-hydrogen) atoms. The molecule has 3 unspecified atom stereocenters. The van der Waals surface area contributed by atoms with Gasteiger partial charge in [0.1, 0.15) is 5.76 Å². The van der Waals surface area contributed by atoms with E-state index in [0.717, 1.165) is 29.9 Å². The highest BCUT2D eigenvalue weighted by molar-refractivity contribution is 5.80. The van der Waals surface area contributed by atoms with Gasteiger partial charge in [-0.1, -0.05) is 18.5 Å². The van der Waals surface area contributed by atoms with Crippen LogP contribution in [0.1, 0.15) is 55.5 Å². The molecule has 2 N–H and O–H groups in total. The van der Waals surface area contributed by atoms with Crippen LogP contribution in [0.2, 0.25) is 0 Å². The number of nitrogens with one attached hydrogen (secondary N) is 1. The SMILES string of the molecule is Cc1noc(C)c1C(C)CNC(=O)C1CCCC(C(=O)O)C1. The van der Waals surface area contributed by atoms with Crippen LogP contribution in [0, 0.1) is 25.7 Å². The minimum absolute atomic E-state index is 0.0374. The number of hydrogen-bond acceptors (Lipinski definition) is 4. The van der Waals surface area contributed by atoms with E-state index >= 15 is 0 Å². The van der Waals surface area contributed by atoms with Crippen molar-refractivity contribution < 1.29 is 19.2 Å². The Balaban J connectivity index is 1.88. The third-order valence-electron chi connectivity index (χ3n) is 4.56. The summed E-state index contributed by atoms with van der Waals surface area (Å²) in [6, 6.07) is 0. The Bertz CT molecular complexity index is 533. The van der Waals surface area contributed by atoms with Crippen molar-refractivity contribution in [3.8, 4) is 0 Å². The quantitative estimate of drug-likeness (QED) is 0.871. The number of hydrogen-bond donors (Lipinski definition) is 2. The average molecular weight is 308 g/mol. The number of carboxylic acids is 1. The fourth-order valence-electron chi connectivity index (χ4n) is 3.35. The molecule has 0 radical (unpaired) electrons. The first-order valence-electron chi connectivity index (χ1n) is 7.83. The third-order valence-corrected chi connectivity index (χ3v) is 4.56. The molecule has 1 aliphatic carbocycles. The zero-order chi connectivity index (χ0) is 16.3. The van der Waals surface area contributed by atoms with Crippen molar-refractivity contribution in [1.29, 1.82) is 0 Å². The van der Waals surface area contributed by atoms with E-state index in [-0.39, 0.29) is 23.7 Å². The Kier molecular flexibility index (Phi) is 5.21. The van der Waals surface area contributed by atoms with Crippen molar-refractivity contribution in [1.82, 2.24) is 10.5 Å². The molecule has 1 aromatic rings. The summed E-state index contributed by atoms with van der Waals surface area (Å²) in [4.78, 5) is 23.3. The van der Waals surface area contributed by atoms with Crippen LogP contribution in [0.4, 0.5) is 0 Å². The lowest BCUT2D eigenvalue weighted by Gasteiger charge is -2.26. The Morgan fingerprint density at radius 1 is 1.36 bits per heavy atom. The summed E-state index contributed by atoms with van der Waals surface area (Å²) in [6.45, 7) is 6.29. The summed E-state index contributed by atoms with van der Waals surface area (Å²) in [6.07, 6.45) is 2.69. The lowest BCUT2D eigenvalue weighted by atomic mass is 9.81. The minimum atomic E-state index is -0.790. The van der Waals surface area contributed by atoms with E-state index in [1.54, 1.807) is 0 Å². The van der Waals surface area contributed by atoms with Crippen molar-refractivity contribution in [3.63, 3.8) is 0 Å². The van der Waals surface area contributed by atoms with Crippen LogP contribution >= 0.6 is 0 Å². The van der Waals surface area contributed by atoms with Gasteiger partial charge in [-0.25, -0.2) is 0 Å². The smallest absolute Gasteiger partial charge is 0.306 e. The van der Waals surface area contributed by atoms with Gasteiger partial charge in [0.05, 0.1) is 11.6 Å².